The van der Waals surface area contributed by atoms with Crippen LogP contribution in [0.1, 0.15) is 5.56 Å². The van der Waals surface area contributed by atoms with Crippen molar-refractivity contribution in [3.8, 4) is 5.75 Å². The van der Waals surface area contributed by atoms with Crippen LogP contribution in [-0.4, -0.2) is 23.2 Å². The minimum atomic E-state index is -1.15. The third-order valence-electron chi connectivity index (χ3n) is 1.70. The molecule has 3 N–H and O–H groups in total. The summed E-state index contributed by atoms with van der Waals surface area (Å²) < 4.78 is 17.3. The highest BCUT2D eigenvalue weighted by molar-refractivity contribution is 5.69. The molecule has 0 fully saturated rings. The number of nitrogens with zero attached hydrogens (tertiary/aromatic N) is 1. The van der Waals surface area contributed by atoms with E-state index in [0.29, 0.717) is 0 Å². The summed E-state index contributed by atoms with van der Waals surface area (Å²) in [6.07, 6.45) is -1.15. The summed E-state index contributed by atoms with van der Waals surface area (Å²) in [6.45, 7) is 1.33. The topological polar surface area (TPSA) is 116 Å². The Morgan fingerprint density at radius 1 is 1.53 bits per heavy atom. The van der Waals surface area contributed by atoms with Gasteiger partial charge in [-0.2, -0.15) is 0 Å². The maximum atomic E-state index is 12.9. The number of hydrogen-bond donors (Lipinski definition) is 2. The van der Waals surface area contributed by atoms with Crippen molar-refractivity contribution in [3.05, 3.63) is 33.6 Å². The van der Waals surface area contributed by atoms with E-state index in [-0.39, 0.29) is 11.3 Å². The van der Waals surface area contributed by atoms with E-state index in [1.807, 2.05) is 0 Å². The molecule has 1 aromatic rings. The molecule has 0 bridgehead atoms. The van der Waals surface area contributed by atoms with E-state index >= 15 is 0 Å². The number of rotatable bonds is 2. The molecule has 0 atom stereocenters. The van der Waals surface area contributed by atoms with E-state index in [2.05, 4.69) is 4.74 Å². The molecule has 7 nitrogen and oxygen atoms in total. The molecule has 0 aromatic heterocycles. The van der Waals surface area contributed by atoms with Gasteiger partial charge in [0.05, 0.1) is 16.6 Å². The number of aliphatic hydroxyl groups is 1. The molecule has 0 spiro atoms. The van der Waals surface area contributed by atoms with Crippen molar-refractivity contribution in [2.24, 2.45) is 5.73 Å². The lowest BCUT2D eigenvalue weighted by atomic mass is 10.2. The Labute approximate surface area is 95.8 Å². The fraction of sp³-hybridized carbons (Fsp3) is 0.222. The highest BCUT2D eigenvalue weighted by atomic mass is 19.1. The summed E-state index contributed by atoms with van der Waals surface area (Å²) in [7, 11) is 1.00. The van der Waals surface area contributed by atoms with Gasteiger partial charge in [0.2, 0.25) is 0 Å². The Kier molecular flexibility index (Phi) is 5.55. The molecule has 0 aliphatic heterocycles. The normalized spacial score (nSPS) is 8.94. The third-order valence-corrected chi connectivity index (χ3v) is 1.70. The molecule has 0 heterocycles. The fourth-order valence-electron chi connectivity index (χ4n) is 1.04. The predicted octanol–water partition coefficient (Wildman–Crippen LogP) is 1.11. The van der Waals surface area contributed by atoms with Crippen molar-refractivity contribution >= 4 is 11.8 Å². The van der Waals surface area contributed by atoms with Crippen LogP contribution in [0.15, 0.2) is 12.1 Å². The highest BCUT2D eigenvalue weighted by Gasteiger charge is 2.18. The number of benzene rings is 1. The number of aliphatic hydroxyl groups excluding tert-OH is 1. The van der Waals surface area contributed by atoms with E-state index in [9.17, 15) is 19.3 Å². The second-order valence-corrected chi connectivity index (χ2v) is 2.73. The SMILES string of the molecule is CO.Cc1c(OC(N)=O)cc(F)cc1[N+](=O)[O-]. The van der Waals surface area contributed by atoms with Crippen LogP contribution in [0.25, 0.3) is 0 Å². The van der Waals surface area contributed by atoms with Gasteiger partial charge in [-0.25, -0.2) is 9.18 Å². The van der Waals surface area contributed by atoms with E-state index in [1.54, 1.807) is 0 Å². The minimum absolute atomic E-state index is 0.0419. The molecule has 0 aliphatic rings. The van der Waals surface area contributed by atoms with Gasteiger partial charge in [-0.3, -0.25) is 10.1 Å². The van der Waals surface area contributed by atoms with Crippen LogP contribution in [0, 0.1) is 22.9 Å². The maximum absolute atomic E-state index is 12.9. The maximum Gasteiger partial charge on any atom is 0.409 e. The molecule has 0 unspecified atom stereocenters. The molecule has 0 aliphatic carbocycles. The molecule has 0 saturated carbocycles. The zero-order valence-corrected chi connectivity index (χ0v) is 9.14. The van der Waals surface area contributed by atoms with Crippen molar-refractivity contribution in [1.29, 1.82) is 0 Å². The van der Waals surface area contributed by atoms with Gasteiger partial charge in [0.1, 0.15) is 11.6 Å². The Bertz CT molecular complexity index is 436. The largest absolute Gasteiger partial charge is 0.410 e. The van der Waals surface area contributed by atoms with Gasteiger partial charge < -0.3 is 15.6 Å². The first-order chi connectivity index (χ1) is 7.91. The summed E-state index contributed by atoms with van der Waals surface area (Å²) in [5.74, 6) is -1.13. The Hall–Kier alpha value is -2.22. The minimum Gasteiger partial charge on any atom is -0.410 e. The molecule has 8 heteroatoms. The number of nitro benzene ring substituents is 1. The average Bonchev–Trinajstić information content (AvgIpc) is 2.24. The van der Waals surface area contributed by atoms with Crippen LogP contribution in [-0.2, 0) is 0 Å². The Balaban J connectivity index is 0.00000121. The van der Waals surface area contributed by atoms with Crippen LogP contribution in [0.2, 0.25) is 0 Å². The first-order valence-corrected chi connectivity index (χ1v) is 4.28. The number of carbonyl (C=O) groups excluding carboxylic acids is 1. The van der Waals surface area contributed by atoms with Crippen molar-refractivity contribution < 1.29 is 24.0 Å². The smallest absolute Gasteiger partial charge is 0.409 e. The molecule has 0 saturated heterocycles. The fourth-order valence-corrected chi connectivity index (χ4v) is 1.04. The van der Waals surface area contributed by atoms with Gasteiger partial charge in [0.15, 0.2) is 0 Å². The number of primary amides is 1. The van der Waals surface area contributed by atoms with Crippen LogP contribution >= 0.6 is 0 Å². The van der Waals surface area contributed by atoms with Gasteiger partial charge in [0, 0.05) is 13.2 Å². The molecular weight excluding hydrogens is 235 g/mol. The number of nitro groups is 1. The molecule has 1 aromatic carbocycles. The lowest BCUT2D eigenvalue weighted by Gasteiger charge is -2.05. The number of hydrogen-bond acceptors (Lipinski definition) is 5. The zero-order chi connectivity index (χ0) is 13.6. The van der Waals surface area contributed by atoms with Crippen LogP contribution < -0.4 is 10.5 Å². The van der Waals surface area contributed by atoms with Gasteiger partial charge >= 0.3 is 6.09 Å². The lowest BCUT2D eigenvalue weighted by molar-refractivity contribution is -0.385. The molecule has 1 amide bonds. The van der Waals surface area contributed by atoms with Gasteiger partial charge in [-0.05, 0) is 6.92 Å². The highest BCUT2D eigenvalue weighted by Crippen LogP contribution is 2.28. The first kappa shape index (κ1) is 14.8. The van der Waals surface area contributed by atoms with E-state index < -0.39 is 22.5 Å². The summed E-state index contributed by atoms with van der Waals surface area (Å²) in [6, 6.07) is 1.59. The van der Waals surface area contributed by atoms with Crippen molar-refractivity contribution in [1.82, 2.24) is 0 Å². The van der Waals surface area contributed by atoms with Crippen LogP contribution in [0.5, 0.6) is 5.75 Å². The second-order valence-electron chi connectivity index (χ2n) is 2.73. The van der Waals surface area contributed by atoms with E-state index in [1.165, 1.54) is 6.92 Å². The van der Waals surface area contributed by atoms with Crippen LogP contribution in [0.4, 0.5) is 14.9 Å². The van der Waals surface area contributed by atoms with Crippen molar-refractivity contribution in [2.75, 3.05) is 7.11 Å². The number of nitrogens with two attached hydrogens (primary N) is 1. The quantitative estimate of drug-likeness (QED) is 0.598. The number of ether oxygens (including phenoxy) is 1. The monoisotopic (exact) mass is 246 g/mol. The standard InChI is InChI=1S/C8H7FN2O4.CH4O/c1-4-6(11(13)14)2-5(9)3-7(4)15-8(10)12;1-2/h2-3H,1H3,(H2,10,12);2H,1H3. The third kappa shape index (κ3) is 4.03. The number of amides is 1. The number of carbonyl (C=O) groups is 1. The van der Waals surface area contributed by atoms with Gasteiger partial charge in [-0.15, -0.1) is 0 Å². The molecular formula is C9H11FN2O5. The Morgan fingerprint density at radius 2 is 2.06 bits per heavy atom. The average molecular weight is 246 g/mol. The van der Waals surface area contributed by atoms with E-state index in [4.69, 9.17) is 10.8 Å². The van der Waals surface area contributed by atoms with E-state index in [0.717, 1.165) is 19.2 Å². The lowest BCUT2D eigenvalue weighted by Crippen LogP contribution is -2.17. The molecule has 17 heavy (non-hydrogen) atoms. The summed E-state index contributed by atoms with van der Waals surface area (Å²) in [4.78, 5) is 20.1. The summed E-state index contributed by atoms with van der Waals surface area (Å²) in [5.41, 5.74) is 4.29. The predicted molar refractivity (Wildman–Crippen MR) is 56.1 cm³/mol. The Morgan fingerprint density at radius 3 is 2.47 bits per heavy atom. The molecule has 0 radical (unpaired) electrons. The first-order valence-electron chi connectivity index (χ1n) is 4.28. The molecule has 1 rings (SSSR count). The zero-order valence-electron chi connectivity index (χ0n) is 9.14. The van der Waals surface area contributed by atoms with Gasteiger partial charge in [-0.1, -0.05) is 0 Å². The molecule has 94 valence electrons. The summed E-state index contributed by atoms with van der Waals surface area (Å²) >= 11 is 0. The number of halogens is 1. The summed E-state index contributed by atoms with van der Waals surface area (Å²) in [5, 5.41) is 17.5. The van der Waals surface area contributed by atoms with Crippen molar-refractivity contribution in [3.63, 3.8) is 0 Å². The van der Waals surface area contributed by atoms with Crippen molar-refractivity contribution in [2.45, 2.75) is 6.92 Å². The van der Waals surface area contributed by atoms with Crippen LogP contribution in [0.3, 0.4) is 0 Å². The van der Waals surface area contributed by atoms with Gasteiger partial charge in [0.25, 0.3) is 5.69 Å². The second kappa shape index (κ2) is 6.38.